The van der Waals surface area contributed by atoms with Crippen LogP contribution in [-0.2, 0) is 23.9 Å². The van der Waals surface area contributed by atoms with E-state index in [0.717, 1.165) is 38.5 Å². The quantitative estimate of drug-likeness (QED) is 0.283. The monoisotopic (exact) mass is 681 g/mol. The number of benzene rings is 1. The summed E-state index contributed by atoms with van der Waals surface area (Å²) in [6, 6.07) is 9.06. The lowest BCUT2D eigenvalue weighted by Gasteiger charge is -2.35. The average Bonchev–Trinajstić information content (AvgIpc) is 3.77. The molecule has 0 radical (unpaired) electrons. The Morgan fingerprint density at radius 1 is 0.959 bits per heavy atom. The molecular weight excluding hydrogens is 634 g/mol. The third-order valence-electron chi connectivity index (χ3n) is 9.09. The maximum atomic E-state index is 13.5. The molecule has 5 rings (SSSR count). The van der Waals surface area contributed by atoms with Gasteiger partial charge in [0.2, 0.25) is 17.7 Å². The molecule has 15 heteroatoms. The van der Waals surface area contributed by atoms with Gasteiger partial charge in [0, 0.05) is 51.9 Å². The van der Waals surface area contributed by atoms with Gasteiger partial charge in [-0.1, -0.05) is 31.5 Å². The van der Waals surface area contributed by atoms with E-state index in [1.54, 1.807) is 39.0 Å². The summed E-state index contributed by atoms with van der Waals surface area (Å²) in [6.07, 6.45) is 5.65. The molecule has 2 aromatic rings. The van der Waals surface area contributed by atoms with Crippen molar-refractivity contribution >= 4 is 29.7 Å². The molecule has 0 bridgehead atoms. The first-order valence-corrected chi connectivity index (χ1v) is 17.2. The minimum atomic E-state index is -1.01. The number of amides is 5. The number of aromatic nitrogens is 2. The fourth-order valence-electron chi connectivity index (χ4n) is 6.04. The molecule has 2 aliphatic heterocycles. The number of piperazine rings is 1. The highest BCUT2D eigenvalue weighted by Crippen LogP contribution is 2.23. The number of hydrogen-bond donors (Lipinski definition) is 2. The van der Waals surface area contributed by atoms with Crippen LogP contribution < -0.4 is 15.4 Å². The molecule has 266 valence electrons. The van der Waals surface area contributed by atoms with Crippen molar-refractivity contribution in [1.29, 1.82) is 0 Å². The van der Waals surface area contributed by atoms with E-state index in [1.807, 2.05) is 13.0 Å². The number of rotatable bonds is 14. The van der Waals surface area contributed by atoms with Crippen molar-refractivity contribution < 1.29 is 38.2 Å². The molecule has 2 unspecified atom stereocenters. The number of para-hydroxylation sites is 1. The van der Waals surface area contributed by atoms with Gasteiger partial charge in [0.25, 0.3) is 11.8 Å². The topological polar surface area (TPSA) is 165 Å². The van der Waals surface area contributed by atoms with Gasteiger partial charge in [0.1, 0.15) is 12.1 Å². The second-order valence-electron chi connectivity index (χ2n) is 12.5. The minimum absolute atomic E-state index is 0.0289. The average molecular weight is 682 g/mol. The molecule has 2 N–H and O–H groups in total. The van der Waals surface area contributed by atoms with Crippen LogP contribution in [0.3, 0.4) is 0 Å². The molecule has 1 aliphatic carbocycles. The predicted octanol–water partition coefficient (Wildman–Crippen LogP) is 1.74. The van der Waals surface area contributed by atoms with E-state index in [2.05, 4.69) is 15.7 Å². The molecule has 0 spiro atoms. The van der Waals surface area contributed by atoms with Crippen LogP contribution >= 0.6 is 0 Å². The van der Waals surface area contributed by atoms with Crippen LogP contribution in [0.2, 0.25) is 0 Å². The zero-order valence-corrected chi connectivity index (χ0v) is 28.3. The Bertz CT molecular complexity index is 1460. The molecule has 3 aliphatic rings. The van der Waals surface area contributed by atoms with Crippen LogP contribution in [0.4, 0.5) is 4.79 Å². The summed E-state index contributed by atoms with van der Waals surface area (Å²) in [6.45, 7) is 3.60. The van der Waals surface area contributed by atoms with E-state index in [1.165, 1.54) is 17.9 Å². The first kappa shape index (κ1) is 35.6. The van der Waals surface area contributed by atoms with Crippen LogP contribution in [-0.4, -0.2) is 132 Å². The fraction of sp³-hybridized carbons (Fsp3) is 0.588. The van der Waals surface area contributed by atoms with E-state index < -0.39 is 24.1 Å². The zero-order chi connectivity index (χ0) is 34.8. The molecule has 1 aromatic carbocycles. The second-order valence-corrected chi connectivity index (χ2v) is 12.5. The summed E-state index contributed by atoms with van der Waals surface area (Å²) in [5.74, 6) is -1.29. The van der Waals surface area contributed by atoms with Crippen molar-refractivity contribution in [2.24, 2.45) is 0 Å². The normalized spacial score (nSPS) is 18.4. The van der Waals surface area contributed by atoms with Crippen molar-refractivity contribution in [2.45, 2.75) is 70.0 Å². The summed E-state index contributed by atoms with van der Waals surface area (Å²) in [4.78, 5) is 70.2. The van der Waals surface area contributed by atoms with Crippen LogP contribution in [0.25, 0.3) is 5.69 Å². The predicted molar refractivity (Wildman–Crippen MR) is 177 cm³/mol. The van der Waals surface area contributed by atoms with Crippen molar-refractivity contribution in [1.82, 2.24) is 35.1 Å². The number of ether oxygens (including phenoxy) is 3. The van der Waals surface area contributed by atoms with Crippen LogP contribution in [0.5, 0.6) is 5.88 Å². The Morgan fingerprint density at radius 3 is 2.37 bits per heavy atom. The van der Waals surface area contributed by atoms with Crippen LogP contribution in [0, 0.1) is 0 Å². The Hall–Kier alpha value is -4.66. The number of methoxy groups -OCH3 is 1. The van der Waals surface area contributed by atoms with Gasteiger partial charge in [0.15, 0.2) is 12.3 Å². The number of nitrogens with one attached hydrogen (secondary N) is 2. The largest absolute Gasteiger partial charge is 0.467 e. The van der Waals surface area contributed by atoms with Gasteiger partial charge >= 0.3 is 6.09 Å². The Kier molecular flexibility index (Phi) is 12.5. The highest BCUT2D eigenvalue weighted by Gasteiger charge is 2.36. The number of carbonyl (C=O) groups is 5. The molecule has 1 aromatic heterocycles. The van der Waals surface area contributed by atoms with Crippen LogP contribution in [0.15, 0.2) is 36.4 Å². The van der Waals surface area contributed by atoms with Crippen molar-refractivity contribution in [3.05, 3.63) is 42.1 Å². The Morgan fingerprint density at radius 2 is 1.69 bits per heavy atom. The molecule has 3 heterocycles. The van der Waals surface area contributed by atoms with Gasteiger partial charge in [-0.05, 0) is 50.7 Å². The third-order valence-corrected chi connectivity index (χ3v) is 9.09. The van der Waals surface area contributed by atoms with Gasteiger partial charge in [-0.25, -0.2) is 9.48 Å². The molecule has 2 saturated heterocycles. The summed E-state index contributed by atoms with van der Waals surface area (Å²) >= 11 is 0. The molecular formula is C34H47N7O8. The van der Waals surface area contributed by atoms with Gasteiger partial charge in [-0.3, -0.25) is 19.2 Å². The van der Waals surface area contributed by atoms with Gasteiger partial charge in [0.05, 0.1) is 18.9 Å². The minimum Gasteiger partial charge on any atom is -0.467 e. The number of carbonyl (C=O) groups excluding carboxylic acids is 5. The SMILES string of the molecule is CCCCOC(=O)N1CCN(C(=O)C(COC)NC(=O)c2cc(OCC(=O)N3CCCC3C(=O)NC3CCC3)n(-c3ccccc3)n2)CC1. The molecule has 2 atom stereocenters. The van der Waals surface area contributed by atoms with E-state index >= 15 is 0 Å². The maximum Gasteiger partial charge on any atom is 0.409 e. The second kappa shape index (κ2) is 17.1. The van der Waals surface area contributed by atoms with E-state index in [9.17, 15) is 24.0 Å². The van der Waals surface area contributed by atoms with Crippen molar-refractivity contribution in [2.75, 3.05) is 59.7 Å². The van der Waals surface area contributed by atoms with Crippen molar-refractivity contribution in [3.8, 4) is 11.6 Å². The van der Waals surface area contributed by atoms with E-state index in [4.69, 9.17) is 14.2 Å². The highest BCUT2D eigenvalue weighted by atomic mass is 16.6. The van der Waals surface area contributed by atoms with Gasteiger partial charge in [-0.15, -0.1) is 0 Å². The first-order valence-electron chi connectivity index (χ1n) is 17.2. The summed E-state index contributed by atoms with van der Waals surface area (Å²) < 4.78 is 17.9. The molecule has 1 saturated carbocycles. The zero-order valence-electron chi connectivity index (χ0n) is 28.3. The number of hydrogen-bond acceptors (Lipinski definition) is 9. The smallest absolute Gasteiger partial charge is 0.409 e. The Labute approximate surface area is 286 Å². The number of unbranched alkanes of at least 4 members (excludes halogenated alkanes) is 1. The lowest BCUT2D eigenvalue weighted by atomic mass is 9.93. The summed E-state index contributed by atoms with van der Waals surface area (Å²) in [5, 5.41) is 10.2. The maximum absolute atomic E-state index is 13.5. The third kappa shape index (κ3) is 9.08. The lowest BCUT2D eigenvalue weighted by Crippen LogP contribution is -2.57. The molecule has 15 nitrogen and oxygen atoms in total. The molecule has 5 amide bonds. The van der Waals surface area contributed by atoms with Gasteiger partial charge < -0.3 is 39.5 Å². The highest BCUT2D eigenvalue weighted by molar-refractivity contribution is 5.96. The molecule has 49 heavy (non-hydrogen) atoms. The summed E-state index contributed by atoms with van der Waals surface area (Å²) in [5.41, 5.74) is 0.567. The van der Waals surface area contributed by atoms with Crippen molar-refractivity contribution in [3.63, 3.8) is 0 Å². The van der Waals surface area contributed by atoms with Gasteiger partial charge in [-0.2, -0.15) is 5.10 Å². The Balaban J connectivity index is 1.22. The first-order chi connectivity index (χ1) is 23.8. The fourth-order valence-corrected chi connectivity index (χ4v) is 6.04. The summed E-state index contributed by atoms with van der Waals surface area (Å²) in [7, 11) is 1.44. The number of likely N-dealkylation sites (tertiary alicyclic amines) is 1. The van der Waals surface area contributed by atoms with E-state index in [0.29, 0.717) is 38.3 Å². The molecule has 3 fully saturated rings. The van der Waals surface area contributed by atoms with Crippen LogP contribution in [0.1, 0.15) is 62.4 Å². The lowest BCUT2D eigenvalue weighted by molar-refractivity contribution is -0.140. The number of nitrogens with zero attached hydrogens (tertiary/aromatic N) is 5. The van der Waals surface area contributed by atoms with E-state index in [-0.39, 0.29) is 61.6 Å². The standard InChI is InChI=1S/C34H47N7O8/c1-3-4-20-48-34(46)39-18-16-38(17-19-39)33(45)27(22-47-2)36-31(43)26-21-30(41(37-26)25-12-6-5-7-13-25)49-23-29(42)40-15-9-14-28(40)32(44)35-24-10-8-11-24/h5-7,12-13,21,24,27-28H,3-4,8-11,14-20,22-23H2,1-2H3,(H,35,44)(H,36,43).